The average molecular weight is 446 g/mol. The van der Waals surface area contributed by atoms with Gasteiger partial charge < -0.3 is 9.47 Å². The SMILES string of the molecule is CCOc1ccc(/C=C2\SC(=O)N(CC(=O)c3ccc(Cl)cc3)C2=O)c(OCC)c1. The summed E-state index contributed by atoms with van der Waals surface area (Å²) in [6, 6.07) is 11.6. The molecule has 2 aromatic rings. The quantitative estimate of drug-likeness (QED) is 0.418. The van der Waals surface area contributed by atoms with Crippen LogP contribution in [0, 0.1) is 0 Å². The highest BCUT2D eigenvalue weighted by Gasteiger charge is 2.36. The smallest absolute Gasteiger partial charge is 0.293 e. The summed E-state index contributed by atoms with van der Waals surface area (Å²) in [6.07, 6.45) is 1.60. The van der Waals surface area contributed by atoms with E-state index in [9.17, 15) is 14.4 Å². The number of carbonyl (C=O) groups excluding carboxylic acids is 3. The van der Waals surface area contributed by atoms with Gasteiger partial charge in [-0.25, -0.2) is 0 Å². The van der Waals surface area contributed by atoms with Crippen molar-refractivity contribution in [3.8, 4) is 11.5 Å². The molecule has 0 radical (unpaired) electrons. The van der Waals surface area contributed by atoms with E-state index in [1.807, 2.05) is 13.8 Å². The fourth-order valence-electron chi connectivity index (χ4n) is 2.82. The lowest BCUT2D eigenvalue weighted by molar-refractivity contribution is -0.122. The average Bonchev–Trinajstić information content (AvgIpc) is 2.98. The van der Waals surface area contributed by atoms with Crippen molar-refractivity contribution in [3.63, 3.8) is 0 Å². The van der Waals surface area contributed by atoms with Crippen LogP contribution in [-0.2, 0) is 4.79 Å². The second kappa shape index (κ2) is 9.82. The van der Waals surface area contributed by atoms with Gasteiger partial charge in [-0.2, -0.15) is 0 Å². The van der Waals surface area contributed by atoms with Crippen LogP contribution in [0.3, 0.4) is 0 Å². The first-order valence-corrected chi connectivity index (χ1v) is 10.6. The molecule has 8 heteroatoms. The number of nitrogens with zero attached hydrogens (tertiary/aromatic N) is 1. The summed E-state index contributed by atoms with van der Waals surface area (Å²) in [5.41, 5.74) is 1.03. The van der Waals surface area contributed by atoms with E-state index in [1.165, 1.54) is 0 Å². The van der Waals surface area contributed by atoms with E-state index in [0.29, 0.717) is 40.9 Å². The second-order valence-corrected chi connectivity index (χ2v) is 7.69. The van der Waals surface area contributed by atoms with E-state index in [0.717, 1.165) is 16.7 Å². The van der Waals surface area contributed by atoms with Crippen molar-refractivity contribution in [2.45, 2.75) is 13.8 Å². The van der Waals surface area contributed by atoms with Gasteiger partial charge in [-0.05, 0) is 68.1 Å². The maximum Gasteiger partial charge on any atom is 0.293 e. The highest BCUT2D eigenvalue weighted by atomic mass is 35.5. The second-order valence-electron chi connectivity index (χ2n) is 6.26. The summed E-state index contributed by atoms with van der Waals surface area (Å²) in [6.45, 7) is 4.37. The number of ether oxygens (including phenoxy) is 2. The van der Waals surface area contributed by atoms with Crippen LogP contribution in [0.25, 0.3) is 6.08 Å². The van der Waals surface area contributed by atoms with Gasteiger partial charge in [0.25, 0.3) is 11.1 Å². The van der Waals surface area contributed by atoms with Crippen LogP contribution in [0.2, 0.25) is 5.02 Å². The van der Waals surface area contributed by atoms with Crippen LogP contribution >= 0.6 is 23.4 Å². The molecule has 2 amide bonds. The van der Waals surface area contributed by atoms with E-state index < -0.39 is 11.1 Å². The Morgan fingerprint density at radius 1 is 1.07 bits per heavy atom. The molecule has 0 bridgehead atoms. The van der Waals surface area contributed by atoms with E-state index in [2.05, 4.69) is 0 Å². The monoisotopic (exact) mass is 445 g/mol. The highest BCUT2D eigenvalue weighted by Crippen LogP contribution is 2.35. The molecule has 30 heavy (non-hydrogen) atoms. The number of benzene rings is 2. The predicted molar refractivity (Wildman–Crippen MR) is 117 cm³/mol. The van der Waals surface area contributed by atoms with Gasteiger partial charge >= 0.3 is 0 Å². The summed E-state index contributed by atoms with van der Waals surface area (Å²) in [4.78, 5) is 38.7. The van der Waals surface area contributed by atoms with Crippen molar-refractivity contribution >= 4 is 46.4 Å². The van der Waals surface area contributed by atoms with Crippen molar-refractivity contribution in [1.29, 1.82) is 0 Å². The molecule has 0 unspecified atom stereocenters. The van der Waals surface area contributed by atoms with Crippen molar-refractivity contribution in [2.24, 2.45) is 0 Å². The summed E-state index contributed by atoms with van der Waals surface area (Å²) in [5, 5.41) is 0.0126. The number of carbonyl (C=O) groups is 3. The lowest BCUT2D eigenvalue weighted by atomic mass is 10.1. The number of thioether (sulfide) groups is 1. The molecule has 0 N–H and O–H groups in total. The number of rotatable bonds is 8. The van der Waals surface area contributed by atoms with Gasteiger partial charge in [-0.1, -0.05) is 11.6 Å². The van der Waals surface area contributed by atoms with Crippen LogP contribution in [0.5, 0.6) is 11.5 Å². The fraction of sp³-hybridized carbons (Fsp3) is 0.227. The van der Waals surface area contributed by atoms with Gasteiger partial charge in [0.1, 0.15) is 11.5 Å². The van der Waals surface area contributed by atoms with Crippen LogP contribution in [0.4, 0.5) is 4.79 Å². The fourth-order valence-corrected chi connectivity index (χ4v) is 3.77. The van der Waals surface area contributed by atoms with Gasteiger partial charge in [0, 0.05) is 22.2 Å². The number of amides is 2. The number of hydrogen-bond donors (Lipinski definition) is 0. The van der Waals surface area contributed by atoms with Crippen LogP contribution in [0.15, 0.2) is 47.4 Å². The largest absolute Gasteiger partial charge is 0.494 e. The number of imide groups is 1. The first-order valence-electron chi connectivity index (χ1n) is 9.36. The van der Waals surface area contributed by atoms with Crippen molar-refractivity contribution < 1.29 is 23.9 Å². The minimum Gasteiger partial charge on any atom is -0.494 e. The number of halogens is 1. The maximum atomic E-state index is 12.8. The first kappa shape index (κ1) is 21.9. The zero-order valence-electron chi connectivity index (χ0n) is 16.5. The normalized spacial score (nSPS) is 15.0. The van der Waals surface area contributed by atoms with Gasteiger partial charge in [-0.3, -0.25) is 19.3 Å². The molecule has 1 aliphatic heterocycles. The summed E-state index contributed by atoms with van der Waals surface area (Å²) >= 11 is 6.63. The van der Waals surface area contributed by atoms with Gasteiger partial charge in [-0.15, -0.1) is 0 Å². The number of Topliss-reactive ketones (excluding diaryl/α,β-unsaturated/α-hetero) is 1. The Bertz CT molecular complexity index is 1000. The molecule has 0 aliphatic carbocycles. The Morgan fingerprint density at radius 3 is 2.43 bits per heavy atom. The molecular weight excluding hydrogens is 426 g/mol. The first-order chi connectivity index (χ1) is 14.4. The minimum atomic E-state index is -0.511. The third-order valence-electron chi connectivity index (χ3n) is 4.22. The maximum absolute atomic E-state index is 12.8. The zero-order valence-corrected chi connectivity index (χ0v) is 18.1. The summed E-state index contributed by atoms with van der Waals surface area (Å²) in [7, 11) is 0. The Balaban J connectivity index is 1.80. The van der Waals surface area contributed by atoms with Crippen LogP contribution < -0.4 is 9.47 Å². The van der Waals surface area contributed by atoms with E-state index in [1.54, 1.807) is 48.5 Å². The van der Waals surface area contributed by atoms with E-state index in [-0.39, 0.29) is 17.2 Å². The molecule has 2 aromatic carbocycles. The number of ketones is 1. The summed E-state index contributed by atoms with van der Waals surface area (Å²) < 4.78 is 11.1. The third-order valence-corrected chi connectivity index (χ3v) is 5.38. The molecule has 0 spiro atoms. The van der Waals surface area contributed by atoms with Crippen molar-refractivity contribution in [2.75, 3.05) is 19.8 Å². The summed E-state index contributed by atoms with van der Waals surface area (Å²) in [5.74, 6) is 0.349. The molecule has 1 saturated heterocycles. The lowest BCUT2D eigenvalue weighted by Crippen LogP contribution is -2.33. The molecule has 1 aliphatic rings. The van der Waals surface area contributed by atoms with E-state index in [4.69, 9.17) is 21.1 Å². The highest BCUT2D eigenvalue weighted by molar-refractivity contribution is 8.18. The zero-order chi connectivity index (χ0) is 21.7. The topological polar surface area (TPSA) is 72.9 Å². The minimum absolute atomic E-state index is 0.231. The predicted octanol–water partition coefficient (Wildman–Crippen LogP) is 5.06. The standard InChI is InChI=1S/C22H20ClNO5S/c1-3-28-17-10-7-15(19(12-17)29-4-2)11-20-21(26)24(22(27)30-20)13-18(25)14-5-8-16(23)9-6-14/h5-12H,3-4,13H2,1-2H3/b20-11-. The molecule has 1 heterocycles. The molecular formula is C22H20ClNO5S. The van der Waals surface area contributed by atoms with Gasteiger partial charge in [0.05, 0.1) is 24.7 Å². The Labute approximate surface area is 183 Å². The molecule has 1 fully saturated rings. The Morgan fingerprint density at radius 2 is 1.77 bits per heavy atom. The third kappa shape index (κ3) is 5.04. The molecule has 3 rings (SSSR count). The molecule has 0 saturated carbocycles. The Hall–Kier alpha value is -2.77. The number of hydrogen-bond acceptors (Lipinski definition) is 6. The van der Waals surface area contributed by atoms with Gasteiger partial charge in [0.2, 0.25) is 0 Å². The van der Waals surface area contributed by atoms with Crippen molar-refractivity contribution in [1.82, 2.24) is 4.90 Å². The Kier molecular flexibility index (Phi) is 7.18. The molecule has 6 nitrogen and oxygen atoms in total. The van der Waals surface area contributed by atoms with Crippen molar-refractivity contribution in [3.05, 3.63) is 63.5 Å². The van der Waals surface area contributed by atoms with E-state index >= 15 is 0 Å². The molecule has 0 atom stereocenters. The molecule has 0 aromatic heterocycles. The lowest BCUT2D eigenvalue weighted by Gasteiger charge is -2.12. The van der Waals surface area contributed by atoms with Crippen LogP contribution in [0.1, 0.15) is 29.8 Å². The van der Waals surface area contributed by atoms with Crippen LogP contribution in [-0.4, -0.2) is 41.6 Å². The molecule has 156 valence electrons. The van der Waals surface area contributed by atoms with Gasteiger partial charge in [0.15, 0.2) is 5.78 Å².